The highest BCUT2D eigenvalue weighted by molar-refractivity contribution is 5.75. The number of aliphatic hydroxyl groups excluding tert-OH is 1. The van der Waals surface area contributed by atoms with Crippen molar-refractivity contribution in [1.82, 2.24) is 5.32 Å². The van der Waals surface area contributed by atoms with Crippen LogP contribution in [-0.2, 0) is 4.79 Å². The Balaban J connectivity index is 2.51. The van der Waals surface area contributed by atoms with Gasteiger partial charge in [0.1, 0.15) is 11.5 Å². The van der Waals surface area contributed by atoms with Crippen molar-refractivity contribution < 1.29 is 19.4 Å². The molecule has 0 saturated carbocycles. The first-order valence-corrected chi connectivity index (χ1v) is 7.64. The van der Waals surface area contributed by atoms with Crippen molar-refractivity contribution in [2.45, 2.75) is 39.2 Å². The standard InChI is InChI=1S/C17H27NO4/c1-12(2)9-10-18-17(20)8-7-15(19)14-6-5-13(21-3)11-16(14)22-4/h5-6,11-12,15,19H,7-10H2,1-4H3,(H,18,20). The maximum atomic E-state index is 11.7. The Kier molecular flexibility index (Phi) is 7.74. The number of hydrogen-bond donors (Lipinski definition) is 2. The van der Waals surface area contributed by atoms with Crippen LogP contribution in [0, 0.1) is 5.92 Å². The van der Waals surface area contributed by atoms with E-state index in [1.165, 1.54) is 0 Å². The molecule has 0 aliphatic heterocycles. The van der Waals surface area contributed by atoms with E-state index in [1.807, 2.05) is 0 Å². The van der Waals surface area contributed by atoms with Crippen molar-refractivity contribution >= 4 is 5.91 Å². The third kappa shape index (κ3) is 5.93. The van der Waals surface area contributed by atoms with Crippen molar-refractivity contribution in [1.29, 1.82) is 0 Å². The van der Waals surface area contributed by atoms with Gasteiger partial charge in [-0.1, -0.05) is 13.8 Å². The molecule has 1 atom stereocenters. The summed E-state index contributed by atoms with van der Waals surface area (Å²) in [6, 6.07) is 5.25. The second-order valence-electron chi connectivity index (χ2n) is 5.69. The van der Waals surface area contributed by atoms with Gasteiger partial charge in [0, 0.05) is 24.6 Å². The average molecular weight is 309 g/mol. The van der Waals surface area contributed by atoms with Gasteiger partial charge in [0.05, 0.1) is 20.3 Å². The molecular weight excluding hydrogens is 282 g/mol. The largest absolute Gasteiger partial charge is 0.497 e. The fraction of sp³-hybridized carbons (Fsp3) is 0.588. The Morgan fingerprint density at radius 3 is 2.55 bits per heavy atom. The van der Waals surface area contributed by atoms with E-state index in [0.717, 1.165) is 6.42 Å². The zero-order valence-corrected chi connectivity index (χ0v) is 13.9. The number of aliphatic hydroxyl groups is 1. The molecule has 0 spiro atoms. The summed E-state index contributed by atoms with van der Waals surface area (Å²) in [4.78, 5) is 11.7. The lowest BCUT2D eigenvalue weighted by atomic mass is 10.0. The zero-order chi connectivity index (χ0) is 16.5. The minimum absolute atomic E-state index is 0.0350. The lowest BCUT2D eigenvalue weighted by Gasteiger charge is -2.15. The Hall–Kier alpha value is -1.75. The Morgan fingerprint density at radius 1 is 1.23 bits per heavy atom. The fourth-order valence-electron chi connectivity index (χ4n) is 2.11. The van der Waals surface area contributed by atoms with Crippen LogP contribution in [0.25, 0.3) is 0 Å². The maximum Gasteiger partial charge on any atom is 0.220 e. The molecule has 0 heterocycles. The van der Waals surface area contributed by atoms with Gasteiger partial charge in [0.2, 0.25) is 5.91 Å². The summed E-state index contributed by atoms with van der Waals surface area (Å²) in [6.07, 6.45) is 0.863. The predicted molar refractivity (Wildman–Crippen MR) is 86.2 cm³/mol. The molecule has 1 aromatic carbocycles. The Morgan fingerprint density at radius 2 is 1.95 bits per heavy atom. The number of nitrogens with one attached hydrogen (secondary N) is 1. The number of benzene rings is 1. The number of ether oxygens (including phenoxy) is 2. The SMILES string of the molecule is COc1ccc(C(O)CCC(=O)NCCC(C)C)c(OC)c1. The van der Waals surface area contributed by atoms with E-state index in [4.69, 9.17) is 9.47 Å². The second kappa shape index (κ2) is 9.30. The third-order valence-electron chi connectivity index (χ3n) is 3.49. The van der Waals surface area contributed by atoms with E-state index in [1.54, 1.807) is 32.4 Å². The Labute approximate surface area is 132 Å². The van der Waals surface area contributed by atoms with Crippen LogP contribution in [0.2, 0.25) is 0 Å². The van der Waals surface area contributed by atoms with Crippen LogP contribution in [0.15, 0.2) is 18.2 Å². The van der Waals surface area contributed by atoms with Crippen LogP contribution >= 0.6 is 0 Å². The number of methoxy groups -OCH3 is 2. The minimum Gasteiger partial charge on any atom is -0.497 e. The zero-order valence-electron chi connectivity index (χ0n) is 13.9. The monoisotopic (exact) mass is 309 g/mol. The summed E-state index contributed by atoms with van der Waals surface area (Å²) >= 11 is 0. The van der Waals surface area contributed by atoms with Crippen molar-refractivity contribution in [3.8, 4) is 11.5 Å². The molecular formula is C17H27NO4. The smallest absolute Gasteiger partial charge is 0.220 e. The van der Waals surface area contributed by atoms with Crippen molar-refractivity contribution in [3.63, 3.8) is 0 Å². The lowest BCUT2D eigenvalue weighted by Crippen LogP contribution is -2.25. The molecule has 1 amide bonds. The number of amides is 1. The molecule has 124 valence electrons. The highest BCUT2D eigenvalue weighted by Crippen LogP contribution is 2.31. The molecule has 0 aliphatic rings. The average Bonchev–Trinajstić information content (AvgIpc) is 2.51. The molecule has 0 saturated heterocycles. The van der Waals surface area contributed by atoms with Gasteiger partial charge in [-0.15, -0.1) is 0 Å². The van der Waals surface area contributed by atoms with Gasteiger partial charge in [-0.05, 0) is 30.9 Å². The van der Waals surface area contributed by atoms with E-state index >= 15 is 0 Å². The summed E-state index contributed by atoms with van der Waals surface area (Å²) < 4.78 is 10.4. The quantitative estimate of drug-likeness (QED) is 0.736. The minimum atomic E-state index is -0.739. The topological polar surface area (TPSA) is 67.8 Å². The molecule has 0 fully saturated rings. The third-order valence-corrected chi connectivity index (χ3v) is 3.49. The van der Waals surface area contributed by atoms with Crippen molar-refractivity contribution in [3.05, 3.63) is 23.8 Å². The van der Waals surface area contributed by atoms with Gasteiger partial charge in [-0.2, -0.15) is 0 Å². The molecule has 0 bridgehead atoms. The van der Waals surface area contributed by atoms with Crippen LogP contribution < -0.4 is 14.8 Å². The molecule has 22 heavy (non-hydrogen) atoms. The van der Waals surface area contributed by atoms with Gasteiger partial charge in [0.15, 0.2) is 0 Å². The summed E-state index contributed by atoms with van der Waals surface area (Å²) in [5, 5.41) is 13.1. The van der Waals surface area contributed by atoms with Crippen LogP contribution in [0.4, 0.5) is 0 Å². The van der Waals surface area contributed by atoms with Gasteiger partial charge >= 0.3 is 0 Å². The molecule has 2 N–H and O–H groups in total. The summed E-state index contributed by atoms with van der Waals surface area (Å²) in [5.74, 6) is 1.76. The van der Waals surface area contributed by atoms with Crippen molar-refractivity contribution in [2.75, 3.05) is 20.8 Å². The Bertz CT molecular complexity index is 474. The number of carbonyl (C=O) groups is 1. The summed E-state index contributed by atoms with van der Waals surface area (Å²) in [5.41, 5.74) is 0.665. The normalized spacial score (nSPS) is 12.1. The van der Waals surface area contributed by atoms with E-state index in [9.17, 15) is 9.90 Å². The first kappa shape index (κ1) is 18.3. The highest BCUT2D eigenvalue weighted by atomic mass is 16.5. The van der Waals surface area contributed by atoms with Crippen molar-refractivity contribution in [2.24, 2.45) is 5.92 Å². The number of hydrogen-bond acceptors (Lipinski definition) is 4. The number of rotatable bonds is 9. The van der Waals surface area contributed by atoms with Gasteiger partial charge in [-0.25, -0.2) is 0 Å². The summed E-state index contributed by atoms with van der Waals surface area (Å²) in [6.45, 7) is 4.91. The molecule has 1 rings (SSSR count). The van der Waals surface area contributed by atoms with Crippen LogP contribution in [0.3, 0.4) is 0 Å². The fourth-order valence-corrected chi connectivity index (χ4v) is 2.11. The highest BCUT2D eigenvalue weighted by Gasteiger charge is 2.15. The number of carbonyl (C=O) groups excluding carboxylic acids is 1. The van der Waals surface area contributed by atoms with Crippen LogP contribution in [0.5, 0.6) is 11.5 Å². The maximum absolute atomic E-state index is 11.7. The first-order chi connectivity index (χ1) is 10.5. The molecule has 0 aromatic heterocycles. The van der Waals surface area contributed by atoms with E-state index < -0.39 is 6.10 Å². The van der Waals surface area contributed by atoms with E-state index in [0.29, 0.717) is 35.9 Å². The van der Waals surface area contributed by atoms with Gasteiger partial charge in [0.25, 0.3) is 0 Å². The molecule has 1 aromatic rings. The molecule has 5 nitrogen and oxygen atoms in total. The second-order valence-corrected chi connectivity index (χ2v) is 5.69. The first-order valence-electron chi connectivity index (χ1n) is 7.64. The van der Waals surface area contributed by atoms with Gasteiger partial charge < -0.3 is 19.9 Å². The summed E-state index contributed by atoms with van der Waals surface area (Å²) in [7, 11) is 3.12. The van der Waals surface area contributed by atoms with Gasteiger partial charge in [-0.3, -0.25) is 4.79 Å². The predicted octanol–water partition coefficient (Wildman–Crippen LogP) is 2.68. The van der Waals surface area contributed by atoms with E-state index in [2.05, 4.69) is 19.2 Å². The van der Waals surface area contributed by atoms with E-state index in [-0.39, 0.29) is 12.3 Å². The lowest BCUT2D eigenvalue weighted by molar-refractivity contribution is -0.121. The molecule has 5 heteroatoms. The molecule has 0 aliphatic carbocycles. The molecule has 0 radical (unpaired) electrons. The molecule has 1 unspecified atom stereocenters. The van der Waals surface area contributed by atoms with Crippen LogP contribution in [-0.4, -0.2) is 31.8 Å². The van der Waals surface area contributed by atoms with Crippen LogP contribution in [0.1, 0.15) is 44.8 Å².